The zero-order chi connectivity index (χ0) is 36.8. The molecule has 2 aromatic heterocycles. The van der Waals surface area contributed by atoms with Gasteiger partial charge in [0.2, 0.25) is 0 Å². The van der Waals surface area contributed by atoms with Crippen LogP contribution in [0, 0.1) is 0 Å². The number of carbonyl (C=O) groups is 3. The topological polar surface area (TPSA) is 187 Å². The van der Waals surface area contributed by atoms with E-state index < -0.39 is 34.9 Å². The van der Waals surface area contributed by atoms with Crippen molar-refractivity contribution in [3.05, 3.63) is 128 Å². The Morgan fingerprint density at radius 2 is 1.18 bits per heavy atom. The average molecular weight is 701 g/mol. The summed E-state index contributed by atoms with van der Waals surface area (Å²) in [7, 11) is 3.14. The number of nitrogens with zero attached hydrogens (tertiary/aromatic N) is 3. The van der Waals surface area contributed by atoms with Crippen LogP contribution in [-0.2, 0) is 32.1 Å². The number of amides is 2. The maximum absolute atomic E-state index is 13.3. The minimum Gasteiger partial charge on any atom is -0.482 e. The van der Waals surface area contributed by atoms with Crippen LogP contribution in [0.3, 0.4) is 0 Å². The van der Waals surface area contributed by atoms with Gasteiger partial charge in [-0.15, -0.1) is 0 Å². The maximum atomic E-state index is 13.3. The highest BCUT2D eigenvalue weighted by Crippen LogP contribution is 2.16. The molecule has 2 aromatic carbocycles. The summed E-state index contributed by atoms with van der Waals surface area (Å²) in [5.41, 5.74) is 7.19. The van der Waals surface area contributed by atoms with Crippen LogP contribution in [0.5, 0.6) is 11.5 Å². The van der Waals surface area contributed by atoms with Gasteiger partial charge >= 0.3 is 5.97 Å². The third kappa shape index (κ3) is 11.4. The van der Waals surface area contributed by atoms with Crippen LogP contribution in [0.15, 0.2) is 94.8 Å². The monoisotopic (exact) mass is 700 g/mol. The number of pyridine rings is 2. The minimum atomic E-state index is -0.963. The molecule has 51 heavy (non-hydrogen) atoms. The van der Waals surface area contributed by atoms with E-state index in [4.69, 9.17) is 20.3 Å². The van der Waals surface area contributed by atoms with Crippen molar-refractivity contribution in [2.45, 2.75) is 32.1 Å². The number of hydrogen-bond acceptors (Lipinski definition) is 9. The summed E-state index contributed by atoms with van der Waals surface area (Å²) in [5.74, 6) is -2.12. The van der Waals surface area contributed by atoms with E-state index >= 15 is 0 Å². The van der Waals surface area contributed by atoms with Gasteiger partial charge in [-0.2, -0.15) is 0 Å². The van der Waals surface area contributed by atoms with Crippen molar-refractivity contribution >= 4 is 17.8 Å². The second kappa shape index (κ2) is 18.9. The first-order valence-corrected chi connectivity index (χ1v) is 16.5. The number of aromatic nitrogens is 2. The Morgan fingerprint density at radius 1 is 0.745 bits per heavy atom. The number of hydrogen-bond donors (Lipinski definition) is 4. The summed E-state index contributed by atoms with van der Waals surface area (Å²) in [6.45, 7) is 1.39. The number of carbonyl (C=O) groups excluding carboxylic acids is 2. The molecule has 1 unspecified atom stereocenters. The normalized spacial score (nSPS) is 11.5. The van der Waals surface area contributed by atoms with Gasteiger partial charge in [0, 0.05) is 71.7 Å². The molecule has 5 N–H and O–H groups in total. The summed E-state index contributed by atoms with van der Waals surface area (Å²) >= 11 is 0. The molecule has 14 heteroatoms. The van der Waals surface area contributed by atoms with Crippen LogP contribution in [0.25, 0.3) is 0 Å². The van der Waals surface area contributed by atoms with Gasteiger partial charge in [0.15, 0.2) is 11.5 Å². The largest absolute Gasteiger partial charge is 0.482 e. The molecule has 0 aliphatic carbocycles. The van der Waals surface area contributed by atoms with Crippen molar-refractivity contribution in [3.63, 3.8) is 0 Å². The number of carboxylic acids is 1. The van der Waals surface area contributed by atoms with Crippen LogP contribution in [0.2, 0.25) is 0 Å². The van der Waals surface area contributed by atoms with Crippen LogP contribution in [-0.4, -0.2) is 75.7 Å². The number of aryl methyl sites for hydroxylation is 2. The lowest BCUT2D eigenvalue weighted by Crippen LogP contribution is -2.45. The van der Waals surface area contributed by atoms with Crippen molar-refractivity contribution in [2.24, 2.45) is 19.8 Å². The van der Waals surface area contributed by atoms with Gasteiger partial charge in [-0.05, 0) is 29.7 Å². The molecule has 1 atom stereocenters. The van der Waals surface area contributed by atoms with Crippen molar-refractivity contribution in [3.8, 4) is 11.5 Å². The highest BCUT2D eigenvalue weighted by Gasteiger charge is 2.20. The van der Waals surface area contributed by atoms with Crippen molar-refractivity contribution < 1.29 is 29.0 Å². The molecule has 0 saturated carbocycles. The fourth-order valence-corrected chi connectivity index (χ4v) is 5.18. The summed E-state index contributed by atoms with van der Waals surface area (Å²) in [6.07, 6.45) is 3.11. The van der Waals surface area contributed by atoms with Crippen molar-refractivity contribution in [1.82, 2.24) is 24.7 Å². The Kier molecular flexibility index (Phi) is 14.1. The summed E-state index contributed by atoms with van der Waals surface area (Å²) in [6, 6.07) is 21.1. The molecule has 270 valence electrons. The van der Waals surface area contributed by atoms with Gasteiger partial charge in [0.05, 0.1) is 11.1 Å². The van der Waals surface area contributed by atoms with Gasteiger partial charge in [-0.1, -0.05) is 60.7 Å². The van der Waals surface area contributed by atoms with Gasteiger partial charge in [-0.3, -0.25) is 28.9 Å². The van der Waals surface area contributed by atoms with E-state index in [9.17, 15) is 24.0 Å². The zero-order valence-electron chi connectivity index (χ0n) is 28.7. The average Bonchev–Trinajstić information content (AvgIpc) is 3.12. The molecule has 2 amide bonds. The molecule has 14 nitrogen and oxygen atoms in total. The van der Waals surface area contributed by atoms with E-state index in [0.29, 0.717) is 13.1 Å². The molecule has 0 aliphatic rings. The Balaban J connectivity index is 1.39. The number of carboxylic acid groups (broad SMARTS) is 1. The van der Waals surface area contributed by atoms with Crippen LogP contribution in [0.1, 0.15) is 44.7 Å². The first kappa shape index (κ1) is 38.1. The van der Waals surface area contributed by atoms with E-state index in [1.54, 1.807) is 14.1 Å². The summed E-state index contributed by atoms with van der Waals surface area (Å²) < 4.78 is 14.3. The molecular formula is C37H44N6O8. The number of ether oxygens (including phenoxy) is 2. The number of nitrogens with two attached hydrogens (primary N) is 1. The molecule has 0 aliphatic heterocycles. The van der Waals surface area contributed by atoms with E-state index in [2.05, 4.69) is 10.6 Å². The Hall–Kier alpha value is -5.73. The second-order valence-corrected chi connectivity index (χ2v) is 12.0. The highest BCUT2D eigenvalue weighted by molar-refractivity contribution is 5.97. The molecule has 2 heterocycles. The standard InChI is InChI=1S/C37H44N6O8/c1-41-19-15-29(32(36(41)48)50-24-26-9-5-3-6-10-26)34(46)39-17-21-43(23-28(38)13-14-31(44)45)22-18-40-35(47)30-16-20-42(2)37(49)33(30)51-25-27-11-7-4-8-12-27/h3-12,15-16,19-20,28H,13-14,17-18,21-25,38H2,1-2H3,(H,39,46)(H,40,47)(H,44,45). The molecule has 0 radical (unpaired) electrons. The fraction of sp³-hybridized carbons (Fsp3) is 0.324. The molecule has 0 saturated heterocycles. The van der Waals surface area contributed by atoms with Crippen LogP contribution >= 0.6 is 0 Å². The number of rotatable bonds is 19. The Bertz CT molecular complexity index is 1770. The predicted molar refractivity (Wildman–Crippen MR) is 191 cm³/mol. The molecule has 4 rings (SSSR count). The Labute approximate surface area is 295 Å². The van der Waals surface area contributed by atoms with E-state index in [1.165, 1.54) is 33.7 Å². The van der Waals surface area contributed by atoms with E-state index in [1.807, 2.05) is 65.6 Å². The second-order valence-electron chi connectivity index (χ2n) is 12.0. The van der Waals surface area contributed by atoms with Gasteiger partial charge < -0.3 is 40.1 Å². The molecule has 0 fully saturated rings. The molecule has 0 bridgehead atoms. The third-order valence-corrected chi connectivity index (χ3v) is 8.04. The van der Waals surface area contributed by atoms with E-state index in [0.717, 1.165) is 11.1 Å². The number of aliphatic carboxylic acids is 1. The summed E-state index contributed by atoms with van der Waals surface area (Å²) in [5, 5.41) is 14.8. The van der Waals surface area contributed by atoms with Gasteiger partial charge in [0.1, 0.15) is 13.2 Å². The maximum Gasteiger partial charge on any atom is 0.303 e. The molecule has 0 spiro atoms. The molecular weight excluding hydrogens is 656 g/mol. The number of benzene rings is 2. The minimum absolute atomic E-state index is 0.0699. The number of nitrogens with one attached hydrogen (secondary N) is 2. The first-order valence-electron chi connectivity index (χ1n) is 16.5. The molecule has 4 aromatic rings. The zero-order valence-corrected chi connectivity index (χ0v) is 28.7. The predicted octanol–water partition coefficient (Wildman–Crippen LogP) is 1.90. The Morgan fingerprint density at radius 3 is 1.59 bits per heavy atom. The highest BCUT2D eigenvalue weighted by atomic mass is 16.5. The van der Waals surface area contributed by atoms with Gasteiger partial charge in [0.25, 0.3) is 22.9 Å². The first-order chi connectivity index (χ1) is 24.5. The SMILES string of the molecule is Cn1ccc(C(=O)NCCN(CCNC(=O)c2ccn(C)c(=O)c2OCc2ccccc2)CC(N)CCC(=O)O)c(OCc2ccccc2)c1=O. The van der Waals surface area contributed by atoms with E-state index in [-0.39, 0.29) is 68.3 Å². The third-order valence-electron chi connectivity index (χ3n) is 8.04. The van der Waals surface area contributed by atoms with Crippen LogP contribution < -0.4 is 37.0 Å². The van der Waals surface area contributed by atoms with Crippen LogP contribution in [0.4, 0.5) is 0 Å². The van der Waals surface area contributed by atoms with Crippen molar-refractivity contribution in [1.29, 1.82) is 0 Å². The lowest BCUT2D eigenvalue weighted by molar-refractivity contribution is -0.137. The smallest absolute Gasteiger partial charge is 0.303 e. The van der Waals surface area contributed by atoms with Gasteiger partial charge in [-0.25, -0.2) is 0 Å². The summed E-state index contributed by atoms with van der Waals surface area (Å²) in [4.78, 5) is 65.3. The van der Waals surface area contributed by atoms with Crippen molar-refractivity contribution in [2.75, 3.05) is 32.7 Å². The fourth-order valence-electron chi connectivity index (χ4n) is 5.18. The lowest BCUT2D eigenvalue weighted by Gasteiger charge is -2.26. The quantitative estimate of drug-likeness (QED) is 0.113. The lowest BCUT2D eigenvalue weighted by atomic mass is 10.1.